The minimum atomic E-state index is 0.717. The molecule has 0 bridgehead atoms. The van der Waals surface area contributed by atoms with Crippen LogP contribution in [0.15, 0.2) is 18.2 Å². The van der Waals surface area contributed by atoms with Crippen molar-refractivity contribution in [2.24, 2.45) is 7.05 Å². The van der Waals surface area contributed by atoms with Gasteiger partial charge in [-0.25, -0.2) is 0 Å². The summed E-state index contributed by atoms with van der Waals surface area (Å²) in [7, 11) is 3.98. The Morgan fingerprint density at radius 2 is 1.95 bits per heavy atom. The molecule has 0 atom stereocenters. The number of aromatic nitrogens is 2. The highest BCUT2D eigenvalue weighted by molar-refractivity contribution is 7.80. The number of anilines is 1. The van der Waals surface area contributed by atoms with Crippen LogP contribution in [0.3, 0.4) is 0 Å². The fraction of sp³-hybridized carbons (Fsp3) is 0.412. The normalized spacial score (nSPS) is 10.6. The molecule has 4 nitrogen and oxygen atoms in total. The van der Waals surface area contributed by atoms with Gasteiger partial charge in [-0.1, -0.05) is 17.7 Å². The molecule has 22 heavy (non-hydrogen) atoms. The quantitative estimate of drug-likeness (QED) is 0.879. The predicted octanol–water partition coefficient (Wildman–Crippen LogP) is 3.48. The first kappa shape index (κ1) is 16.5. The minimum Gasteiger partial charge on any atom is -0.348 e. The lowest BCUT2D eigenvalue weighted by atomic mass is 10.1. The monoisotopic (exact) mass is 316 g/mol. The zero-order valence-corrected chi connectivity index (χ0v) is 15.0. The van der Waals surface area contributed by atoms with Gasteiger partial charge in [0.25, 0.3) is 0 Å². The van der Waals surface area contributed by atoms with Crippen molar-refractivity contribution in [2.75, 3.05) is 12.4 Å². The first-order valence-corrected chi connectivity index (χ1v) is 7.79. The van der Waals surface area contributed by atoms with Crippen molar-refractivity contribution in [3.63, 3.8) is 0 Å². The summed E-state index contributed by atoms with van der Waals surface area (Å²) >= 11 is 5.53. The smallest absolute Gasteiger partial charge is 0.173 e. The molecule has 0 aliphatic heterocycles. The number of aryl methyl sites for hydroxylation is 4. The molecule has 1 heterocycles. The summed E-state index contributed by atoms with van der Waals surface area (Å²) in [6.45, 7) is 9.06. The summed E-state index contributed by atoms with van der Waals surface area (Å²) < 4.78 is 1.92. The van der Waals surface area contributed by atoms with Crippen molar-refractivity contribution < 1.29 is 0 Å². The van der Waals surface area contributed by atoms with Crippen LogP contribution < -0.4 is 5.32 Å². The standard InChI is InChI=1S/C17H24N4S/c1-11-7-8-16(12(2)9-11)18-17(22)20(5)10-15-13(3)19-21(6)14(15)4/h7-9H,10H2,1-6H3,(H,18,22). The van der Waals surface area contributed by atoms with Crippen LogP contribution in [0, 0.1) is 27.7 Å². The second-order valence-corrected chi connectivity index (χ2v) is 6.26. The highest BCUT2D eigenvalue weighted by atomic mass is 32.1. The maximum Gasteiger partial charge on any atom is 0.173 e. The molecule has 2 rings (SSSR count). The van der Waals surface area contributed by atoms with E-state index in [-0.39, 0.29) is 0 Å². The summed E-state index contributed by atoms with van der Waals surface area (Å²) in [4.78, 5) is 2.05. The summed E-state index contributed by atoms with van der Waals surface area (Å²) in [5.74, 6) is 0. The van der Waals surface area contributed by atoms with Gasteiger partial charge >= 0.3 is 0 Å². The van der Waals surface area contributed by atoms with Crippen LogP contribution in [-0.2, 0) is 13.6 Å². The second kappa shape index (κ2) is 6.48. The highest BCUT2D eigenvalue weighted by Gasteiger charge is 2.14. The van der Waals surface area contributed by atoms with E-state index in [2.05, 4.69) is 49.4 Å². The van der Waals surface area contributed by atoms with E-state index in [1.54, 1.807) is 0 Å². The van der Waals surface area contributed by atoms with E-state index < -0.39 is 0 Å². The van der Waals surface area contributed by atoms with Crippen LogP contribution in [0.2, 0.25) is 0 Å². The van der Waals surface area contributed by atoms with Gasteiger partial charge in [0, 0.05) is 37.6 Å². The number of nitrogens with one attached hydrogen (secondary N) is 1. The first-order valence-electron chi connectivity index (χ1n) is 7.38. The van der Waals surface area contributed by atoms with Crippen LogP contribution >= 0.6 is 12.2 Å². The molecule has 0 aliphatic carbocycles. The van der Waals surface area contributed by atoms with E-state index in [9.17, 15) is 0 Å². The number of hydrogen-bond acceptors (Lipinski definition) is 2. The average Bonchev–Trinajstić information content (AvgIpc) is 2.68. The van der Waals surface area contributed by atoms with Gasteiger partial charge in [-0.2, -0.15) is 5.10 Å². The zero-order valence-electron chi connectivity index (χ0n) is 14.2. The van der Waals surface area contributed by atoms with Gasteiger partial charge in [0.15, 0.2) is 5.11 Å². The molecule has 1 aromatic carbocycles. The summed E-state index contributed by atoms with van der Waals surface area (Å²) in [5, 5.41) is 8.51. The van der Waals surface area contributed by atoms with Crippen LogP contribution in [0.5, 0.6) is 0 Å². The predicted molar refractivity (Wildman–Crippen MR) is 96.3 cm³/mol. The van der Waals surface area contributed by atoms with Crippen LogP contribution in [0.25, 0.3) is 0 Å². The molecule has 2 aromatic rings. The topological polar surface area (TPSA) is 33.1 Å². The maximum atomic E-state index is 5.53. The highest BCUT2D eigenvalue weighted by Crippen LogP contribution is 2.18. The van der Waals surface area contributed by atoms with Crippen LogP contribution in [0.1, 0.15) is 28.1 Å². The van der Waals surface area contributed by atoms with E-state index >= 15 is 0 Å². The SMILES string of the molecule is Cc1ccc(NC(=S)N(C)Cc2c(C)nn(C)c2C)c(C)c1. The van der Waals surface area contributed by atoms with Crippen molar-refractivity contribution >= 4 is 23.0 Å². The number of thiocarbonyl (C=S) groups is 1. The Morgan fingerprint density at radius 1 is 1.27 bits per heavy atom. The van der Waals surface area contributed by atoms with E-state index in [0.717, 1.165) is 23.0 Å². The third-order valence-electron chi connectivity index (χ3n) is 4.02. The van der Waals surface area contributed by atoms with Gasteiger partial charge in [-0.15, -0.1) is 0 Å². The van der Waals surface area contributed by atoms with Crippen LogP contribution in [-0.4, -0.2) is 26.8 Å². The Labute approximate surface area is 138 Å². The lowest BCUT2D eigenvalue weighted by molar-refractivity contribution is 0.505. The maximum absolute atomic E-state index is 5.53. The molecule has 0 saturated heterocycles. The van der Waals surface area contributed by atoms with Gasteiger partial charge in [-0.3, -0.25) is 4.68 Å². The molecule has 5 heteroatoms. The van der Waals surface area contributed by atoms with E-state index in [1.165, 1.54) is 22.4 Å². The molecule has 0 amide bonds. The van der Waals surface area contributed by atoms with Gasteiger partial charge in [-0.05, 0) is 51.5 Å². The van der Waals surface area contributed by atoms with Gasteiger partial charge in [0.05, 0.1) is 5.69 Å². The summed E-state index contributed by atoms with van der Waals surface area (Å²) in [6, 6.07) is 6.32. The van der Waals surface area contributed by atoms with Crippen LogP contribution in [0.4, 0.5) is 5.69 Å². The largest absolute Gasteiger partial charge is 0.348 e. The van der Waals surface area contributed by atoms with E-state index in [4.69, 9.17) is 12.2 Å². The second-order valence-electron chi connectivity index (χ2n) is 5.88. The Bertz CT molecular complexity index is 703. The molecule has 0 aliphatic rings. The van der Waals surface area contributed by atoms with Gasteiger partial charge in [0.2, 0.25) is 0 Å². The van der Waals surface area contributed by atoms with E-state index in [1.807, 2.05) is 30.6 Å². The van der Waals surface area contributed by atoms with Crippen molar-refractivity contribution in [3.05, 3.63) is 46.3 Å². The Morgan fingerprint density at radius 3 is 2.50 bits per heavy atom. The Kier molecular flexibility index (Phi) is 4.86. The number of benzene rings is 1. The fourth-order valence-corrected chi connectivity index (χ4v) is 2.69. The summed E-state index contributed by atoms with van der Waals surface area (Å²) in [5.41, 5.74) is 6.98. The van der Waals surface area contributed by atoms with Crippen molar-refractivity contribution in [1.29, 1.82) is 0 Å². The minimum absolute atomic E-state index is 0.717. The van der Waals surface area contributed by atoms with Gasteiger partial charge in [0.1, 0.15) is 0 Å². The summed E-state index contributed by atoms with van der Waals surface area (Å²) in [6.07, 6.45) is 0. The molecule has 0 radical (unpaired) electrons. The van der Waals surface area contributed by atoms with Crippen molar-refractivity contribution in [3.8, 4) is 0 Å². The fourth-order valence-electron chi connectivity index (χ4n) is 2.52. The molecule has 1 N–H and O–H groups in total. The average molecular weight is 316 g/mol. The number of rotatable bonds is 3. The molecule has 0 unspecified atom stereocenters. The van der Waals surface area contributed by atoms with Gasteiger partial charge < -0.3 is 10.2 Å². The lowest BCUT2D eigenvalue weighted by Gasteiger charge is -2.22. The first-order chi connectivity index (χ1) is 10.3. The molecular formula is C17H24N4S. The van der Waals surface area contributed by atoms with Crippen molar-refractivity contribution in [1.82, 2.24) is 14.7 Å². The van der Waals surface area contributed by atoms with E-state index in [0.29, 0.717) is 0 Å². The third kappa shape index (κ3) is 3.47. The molecule has 1 aromatic heterocycles. The lowest BCUT2D eigenvalue weighted by Crippen LogP contribution is -2.31. The molecular weight excluding hydrogens is 292 g/mol. The molecule has 0 fully saturated rings. The van der Waals surface area contributed by atoms with Crippen molar-refractivity contribution in [2.45, 2.75) is 34.2 Å². The zero-order chi connectivity index (χ0) is 16.4. The Hall–Kier alpha value is -1.88. The molecule has 0 spiro atoms. The number of hydrogen-bond donors (Lipinski definition) is 1. The molecule has 118 valence electrons. The number of nitrogens with zero attached hydrogens (tertiary/aromatic N) is 3. The molecule has 0 saturated carbocycles. The third-order valence-corrected chi connectivity index (χ3v) is 4.44. The Balaban J connectivity index is 2.09.